The van der Waals surface area contributed by atoms with Crippen LogP contribution in [0.5, 0.6) is 0 Å². The van der Waals surface area contributed by atoms with Gasteiger partial charge in [0, 0.05) is 4.90 Å². The number of thioether (sulfide) groups is 1. The molecular formula is C9H10O2S. The average molecular weight is 182 g/mol. The lowest BCUT2D eigenvalue weighted by molar-refractivity contribution is 0.0696. The highest BCUT2D eigenvalue weighted by atomic mass is 32.2. The molecule has 0 fully saturated rings. The van der Waals surface area contributed by atoms with E-state index in [9.17, 15) is 4.79 Å². The van der Waals surface area contributed by atoms with Crippen LogP contribution in [0.4, 0.5) is 0 Å². The van der Waals surface area contributed by atoms with E-state index in [0.717, 1.165) is 10.5 Å². The van der Waals surface area contributed by atoms with Gasteiger partial charge >= 0.3 is 5.97 Å². The molecule has 0 atom stereocenters. The molecule has 0 aromatic heterocycles. The maximum Gasteiger partial charge on any atom is 0.335 e. The van der Waals surface area contributed by atoms with E-state index in [2.05, 4.69) is 0 Å². The van der Waals surface area contributed by atoms with Crippen molar-refractivity contribution in [3.05, 3.63) is 29.3 Å². The number of carboxylic acid groups (broad SMARTS) is 1. The van der Waals surface area contributed by atoms with Crippen LogP contribution in [0.25, 0.3) is 0 Å². The van der Waals surface area contributed by atoms with Crippen molar-refractivity contribution in [1.29, 1.82) is 0 Å². The molecule has 0 heterocycles. The summed E-state index contributed by atoms with van der Waals surface area (Å²) in [5.74, 6) is -0.858. The third kappa shape index (κ3) is 1.80. The molecule has 0 saturated heterocycles. The minimum Gasteiger partial charge on any atom is -0.478 e. The molecule has 0 unspecified atom stereocenters. The van der Waals surface area contributed by atoms with Crippen LogP contribution < -0.4 is 0 Å². The van der Waals surface area contributed by atoms with Gasteiger partial charge in [-0.05, 0) is 30.9 Å². The molecule has 1 N–H and O–H groups in total. The number of carbonyl (C=O) groups is 1. The third-order valence-electron chi connectivity index (χ3n) is 1.68. The molecular weight excluding hydrogens is 172 g/mol. The number of aryl methyl sites for hydroxylation is 1. The molecule has 0 aliphatic heterocycles. The lowest BCUT2D eigenvalue weighted by Crippen LogP contribution is -1.99. The standard InChI is InChI=1S/C9H10O2S/c1-6-3-4-7(12-2)5-8(6)9(10)11/h3-5H,1-2H3,(H,10,11). The van der Waals surface area contributed by atoms with Gasteiger partial charge in [-0.25, -0.2) is 4.79 Å². The van der Waals surface area contributed by atoms with E-state index in [1.54, 1.807) is 24.8 Å². The first-order valence-corrected chi connectivity index (χ1v) is 4.75. The SMILES string of the molecule is CSc1ccc(C)c(C(=O)O)c1. The zero-order valence-corrected chi connectivity index (χ0v) is 7.81. The molecule has 12 heavy (non-hydrogen) atoms. The second kappa shape index (κ2) is 3.63. The molecule has 0 bridgehead atoms. The Morgan fingerprint density at radius 2 is 2.17 bits per heavy atom. The van der Waals surface area contributed by atoms with E-state index in [1.807, 2.05) is 18.4 Å². The fourth-order valence-corrected chi connectivity index (χ4v) is 1.40. The van der Waals surface area contributed by atoms with Crippen LogP contribution >= 0.6 is 11.8 Å². The molecule has 0 amide bonds. The Hall–Kier alpha value is -0.960. The number of rotatable bonds is 2. The summed E-state index contributed by atoms with van der Waals surface area (Å²) in [5.41, 5.74) is 1.20. The third-order valence-corrected chi connectivity index (χ3v) is 2.40. The Morgan fingerprint density at radius 3 is 2.67 bits per heavy atom. The first kappa shape index (κ1) is 9.13. The second-order valence-electron chi connectivity index (χ2n) is 2.49. The van der Waals surface area contributed by atoms with Crippen LogP contribution in [0.2, 0.25) is 0 Å². The highest BCUT2D eigenvalue weighted by Gasteiger charge is 2.06. The zero-order valence-electron chi connectivity index (χ0n) is 7.00. The summed E-state index contributed by atoms with van der Waals surface area (Å²) in [6, 6.07) is 5.45. The quantitative estimate of drug-likeness (QED) is 0.714. The summed E-state index contributed by atoms with van der Waals surface area (Å²) in [6.45, 7) is 1.80. The average Bonchev–Trinajstić information content (AvgIpc) is 2.05. The first-order valence-electron chi connectivity index (χ1n) is 3.53. The number of hydrogen-bond donors (Lipinski definition) is 1. The van der Waals surface area contributed by atoms with E-state index in [-0.39, 0.29) is 0 Å². The first-order chi connectivity index (χ1) is 5.65. The maximum absolute atomic E-state index is 10.7. The highest BCUT2D eigenvalue weighted by Crippen LogP contribution is 2.18. The fraction of sp³-hybridized carbons (Fsp3) is 0.222. The van der Waals surface area contributed by atoms with Gasteiger partial charge in [0.15, 0.2) is 0 Å². The van der Waals surface area contributed by atoms with Crippen molar-refractivity contribution < 1.29 is 9.90 Å². The van der Waals surface area contributed by atoms with Crippen LogP contribution in [-0.2, 0) is 0 Å². The minimum absolute atomic E-state index is 0.391. The largest absolute Gasteiger partial charge is 0.478 e. The van der Waals surface area contributed by atoms with E-state index >= 15 is 0 Å². The van der Waals surface area contributed by atoms with E-state index < -0.39 is 5.97 Å². The molecule has 0 radical (unpaired) electrons. The van der Waals surface area contributed by atoms with Crippen molar-refractivity contribution in [1.82, 2.24) is 0 Å². The van der Waals surface area contributed by atoms with Gasteiger partial charge in [-0.1, -0.05) is 6.07 Å². The lowest BCUT2D eigenvalue weighted by atomic mass is 10.1. The smallest absolute Gasteiger partial charge is 0.335 e. The van der Waals surface area contributed by atoms with Gasteiger partial charge in [0.05, 0.1) is 5.56 Å². The Morgan fingerprint density at radius 1 is 1.50 bits per heavy atom. The van der Waals surface area contributed by atoms with Gasteiger partial charge < -0.3 is 5.11 Å². The van der Waals surface area contributed by atoms with E-state index in [1.165, 1.54) is 0 Å². The van der Waals surface area contributed by atoms with Crippen LogP contribution in [0.15, 0.2) is 23.1 Å². The summed E-state index contributed by atoms with van der Waals surface area (Å²) in [6.07, 6.45) is 1.93. The fourth-order valence-electron chi connectivity index (χ4n) is 0.958. The number of benzene rings is 1. The molecule has 3 heteroatoms. The Balaban J connectivity index is 3.17. The van der Waals surface area contributed by atoms with Crippen molar-refractivity contribution in [2.75, 3.05) is 6.26 Å². The van der Waals surface area contributed by atoms with E-state index in [0.29, 0.717) is 5.56 Å². The lowest BCUT2D eigenvalue weighted by Gasteiger charge is -2.02. The molecule has 0 aliphatic rings. The summed E-state index contributed by atoms with van der Waals surface area (Å²) in [7, 11) is 0. The van der Waals surface area contributed by atoms with Gasteiger partial charge in [-0.2, -0.15) is 0 Å². The number of carboxylic acids is 1. The normalized spacial score (nSPS) is 9.83. The Bertz CT molecular complexity index is 307. The number of aromatic carboxylic acids is 1. The predicted molar refractivity (Wildman–Crippen MR) is 49.9 cm³/mol. The molecule has 0 aliphatic carbocycles. The molecule has 0 spiro atoms. The summed E-state index contributed by atoms with van der Waals surface area (Å²) < 4.78 is 0. The van der Waals surface area contributed by atoms with Crippen LogP contribution in [0, 0.1) is 6.92 Å². The summed E-state index contributed by atoms with van der Waals surface area (Å²) in [4.78, 5) is 11.7. The summed E-state index contributed by atoms with van der Waals surface area (Å²) >= 11 is 1.55. The highest BCUT2D eigenvalue weighted by molar-refractivity contribution is 7.98. The minimum atomic E-state index is -0.858. The number of hydrogen-bond acceptors (Lipinski definition) is 2. The van der Waals surface area contributed by atoms with Crippen LogP contribution in [0.3, 0.4) is 0 Å². The summed E-state index contributed by atoms with van der Waals surface area (Å²) in [5, 5.41) is 8.78. The molecule has 64 valence electrons. The van der Waals surface area contributed by atoms with Gasteiger partial charge in [-0.3, -0.25) is 0 Å². The molecule has 1 aromatic rings. The van der Waals surface area contributed by atoms with Crippen molar-refractivity contribution in [2.24, 2.45) is 0 Å². The Labute approximate surface area is 75.6 Å². The molecule has 0 saturated carbocycles. The van der Waals surface area contributed by atoms with Crippen LogP contribution in [0.1, 0.15) is 15.9 Å². The molecule has 1 rings (SSSR count). The van der Waals surface area contributed by atoms with Gasteiger partial charge in [-0.15, -0.1) is 11.8 Å². The van der Waals surface area contributed by atoms with Crippen molar-refractivity contribution in [3.63, 3.8) is 0 Å². The second-order valence-corrected chi connectivity index (χ2v) is 3.37. The van der Waals surface area contributed by atoms with Crippen LogP contribution in [-0.4, -0.2) is 17.3 Å². The maximum atomic E-state index is 10.7. The predicted octanol–water partition coefficient (Wildman–Crippen LogP) is 2.42. The van der Waals surface area contributed by atoms with Gasteiger partial charge in [0.25, 0.3) is 0 Å². The zero-order chi connectivity index (χ0) is 9.14. The van der Waals surface area contributed by atoms with E-state index in [4.69, 9.17) is 5.11 Å². The topological polar surface area (TPSA) is 37.3 Å². The van der Waals surface area contributed by atoms with Crippen molar-refractivity contribution in [2.45, 2.75) is 11.8 Å². The monoisotopic (exact) mass is 182 g/mol. The van der Waals surface area contributed by atoms with Crippen molar-refractivity contribution in [3.8, 4) is 0 Å². The van der Waals surface area contributed by atoms with Gasteiger partial charge in [0.1, 0.15) is 0 Å². The molecule has 2 nitrogen and oxygen atoms in total. The van der Waals surface area contributed by atoms with Crippen molar-refractivity contribution >= 4 is 17.7 Å². The van der Waals surface area contributed by atoms with Gasteiger partial charge in [0.2, 0.25) is 0 Å². The molecule has 1 aromatic carbocycles. The Kier molecular flexibility index (Phi) is 2.76.